The Morgan fingerprint density at radius 3 is 2.05 bits per heavy atom. The number of carbonyl (C=O) groups is 1. The van der Waals surface area contributed by atoms with Crippen LogP contribution in [-0.2, 0) is 4.79 Å². The van der Waals surface area contributed by atoms with Gasteiger partial charge in [0.1, 0.15) is 0 Å². The summed E-state index contributed by atoms with van der Waals surface area (Å²) in [5.74, 6) is 0.0111. The summed E-state index contributed by atoms with van der Waals surface area (Å²) in [6.45, 7) is 13.7. The molecule has 0 radical (unpaired) electrons. The maximum Gasteiger partial charge on any atom is 0.233 e. The van der Waals surface area contributed by atoms with E-state index in [-0.39, 0.29) is 16.7 Å². The van der Waals surface area contributed by atoms with Crippen molar-refractivity contribution < 1.29 is 4.79 Å². The van der Waals surface area contributed by atoms with Crippen LogP contribution in [0, 0.1) is 20.8 Å². The van der Waals surface area contributed by atoms with E-state index in [1.165, 1.54) is 11.8 Å². The zero-order valence-electron chi connectivity index (χ0n) is 12.8. The van der Waals surface area contributed by atoms with Gasteiger partial charge in [0.15, 0.2) is 5.16 Å². The van der Waals surface area contributed by atoms with Crippen LogP contribution in [0.15, 0.2) is 5.16 Å². The molecule has 1 aromatic heterocycles. The largest absolute Gasteiger partial charge is 0.351 e. The lowest BCUT2D eigenvalue weighted by Crippen LogP contribution is -2.44. The van der Waals surface area contributed by atoms with Gasteiger partial charge in [0.2, 0.25) is 5.91 Å². The first-order valence-electron chi connectivity index (χ1n) is 6.40. The number of nitrogens with one attached hydrogen (secondary N) is 1. The third-order valence-electron chi connectivity index (χ3n) is 2.76. The van der Waals surface area contributed by atoms with E-state index in [1.807, 2.05) is 48.5 Å². The van der Waals surface area contributed by atoms with Gasteiger partial charge >= 0.3 is 0 Å². The standard InChI is InChI=1S/C14H23N3OS/c1-8-9(2)15-13(16-10(8)3)19-11(4)12(18)17-14(5,6)7/h11H,1-7H3,(H,17,18)/t11-/m0/s1. The molecule has 0 unspecified atom stereocenters. The van der Waals surface area contributed by atoms with E-state index in [4.69, 9.17) is 0 Å². The predicted molar refractivity (Wildman–Crippen MR) is 79.5 cm³/mol. The SMILES string of the molecule is Cc1nc(S[C@@H](C)C(=O)NC(C)(C)C)nc(C)c1C. The molecule has 0 saturated heterocycles. The molecular formula is C14H23N3OS. The minimum atomic E-state index is -0.216. The third-order valence-corrected chi connectivity index (χ3v) is 3.72. The first-order chi connectivity index (χ1) is 8.60. The summed E-state index contributed by atoms with van der Waals surface area (Å²) in [4.78, 5) is 20.9. The van der Waals surface area contributed by atoms with Crippen molar-refractivity contribution in [3.63, 3.8) is 0 Å². The fourth-order valence-electron chi connectivity index (χ4n) is 1.48. The highest BCUT2D eigenvalue weighted by Crippen LogP contribution is 2.22. The average molecular weight is 281 g/mol. The zero-order valence-corrected chi connectivity index (χ0v) is 13.6. The van der Waals surface area contributed by atoms with Gasteiger partial charge in [-0.15, -0.1) is 0 Å². The maximum absolute atomic E-state index is 12.0. The summed E-state index contributed by atoms with van der Waals surface area (Å²) in [6, 6.07) is 0. The Balaban J connectivity index is 2.77. The lowest BCUT2D eigenvalue weighted by Gasteiger charge is -2.22. The molecule has 1 heterocycles. The Morgan fingerprint density at radius 1 is 1.16 bits per heavy atom. The molecule has 1 N–H and O–H groups in total. The smallest absolute Gasteiger partial charge is 0.233 e. The minimum absolute atomic E-state index is 0.0111. The van der Waals surface area contributed by atoms with Crippen molar-refractivity contribution in [2.45, 2.75) is 64.4 Å². The Hall–Kier alpha value is -1.10. The van der Waals surface area contributed by atoms with E-state index in [0.717, 1.165) is 17.0 Å². The van der Waals surface area contributed by atoms with Crippen LogP contribution in [0.4, 0.5) is 0 Å². The number of carbonyl (C=O) groups excluding carboxylic acids is 1. The average Bonchev–Trinajstić information content (AvgIpc) is 2.23. The number of hydrogen-bond donors (Lipinski definition) is 1. The highest BCUT2D eigenvalue weighted by molar-refractivity contribution is 8.00. The fourth-order valence-corrected chi connectivity index (χ4v) is 2.34. The van der Waals surface area contributed by atoms with E-state index in [9.17, 15) is 4.79 Å². The number of thioether (sulfide) groups is 1. The second-order valence-corrected chi connectivity index (χ2v) is 7.11. The molecule has 0 bridgehead atoms. The van der Waals surface area contributed by atoms with Gasteiger partial charge in [0.25, 0.3) is 0 Å². The monoisotopic (exact) mass is 281 g/mol. The topological polar surface area (TPSA) is 54.9 Å². The summed E-state index contributed by atoms with van der Waals surface area (Å²) >= 11 is 1.40. The molecular weight excluding hydrogens is 258 g/mol. The van der Waals surface area contributed by atoms with Gasteiger partial charge in [0, 0.05) is 16.9 Å². The molecule has 0 aromatic carbocycles. The predicted octanol–water partition coefficient (Wildman–Crippen LogP) is 2.80. The molecule has 1 atom stereocenters. The summed E-state index contributed by atoms with van der Waals surface area (Å²) in [5, 5.41) is 3.42. The quantitative estimate of drug-likeness (QED) is 0.684. The van der Waals surface area contributed by atoms with Crippen molar-refractivity contribution in [1.82, 2.24) is 15.3 Å². The van der Waals surface area contributed by atoms with Crippen molar-refractivity contribution in [3.05, 3.63) is 17.0 Å². The van der Waals surface area contributed by atoms with Gasteiger partial charge in [-0.25, -0.2) is 9.97 Å². The van der Waals surface area contributed by atoms with Crippen LogP contribution in [0.25, 0.3) is 0 Å². The molecule has 1 rings (SSSR count). The van der Waals surface area contributed by atoms with Crippen molar-refractivity contribution in [2.75, 3.05) is 0 Å². The number of aromatic nitrogens is 2. The minimum Gasteiger partial charge on any atom is -0.351 e. The second kappa shape index (κ2) is 5.90. The highest BCUT2D eigenvalue weighted by Gasteiger charge is 2.21. The summed E-state index contributed by atoms with van der Waals surface area (Å²) < 4.78 is 0. The van der Waals surface area contributed by atoms with E-state index in [0.29, 0.717) is 5.16 Å². The first kappa shape index (κ1) is 16.0. The summed E-state index contributed by atoms with van der Waals surface area (Å²) in [6.07, 6.45) is 0. The van der Waals surface area contributed by atoms with Crippen molar-refractivity contribution in [3.8, 4) is 0 Å². The molecule has 0 saturated carbocycles. The van der Waals surface area contributed by atoms with E-state index >= 15 is 0 Å². The van der Waals surface area contributed by atoms with Crippen molar-refractivity contribution >= 4 is 17.7 Å². The molecule has 1 aromatic rings. The molecule has 0 aliphatic rings. The van der Waals surface area contributed by atoms with Crippen LogP contribution in [0.2, 0.25) is 0 Å². The number of rotatable bonds is 3. The second-order valence-electron chi connectivity index (χ2n) is 5.80. The van der Waals surface area contributed by atoms with Crippen LogP contribution in [-0.4, -0.2) is 26.7 Å². The summed E-state index contributed by atoms with van der Waals surface area (Å²) in [7, 11) is 0. The molecule has 0 spiro atoms. The Morgan fingerprint density at radius 2 is 1.63 bits per heavy atom. The molecule has 0 aliphatic carbocycles. The molecule has 0 aliphatic heterocycles. The van der Waals surface area contributed by atoms with Crippen LogP contribution in [0.1, 0.15) is 44.6 Å². The maximum atomic E-state index is 12.0. The Kier molecular flexibility index (Phi) is 4.96. The Labute approximate surface area is 119 Å². The van der Waals surface area contributed by atoms with Crippen molar-refractivity contribution in [2.24, 2.45) is 0 Å². The van der Waals surface area contributed by atoms with Gasteiger partial charge in [-0.3, -0.25) is 4.79 Å². The number of nitrogens with zero attached hydrogens (tertiary/aromatic N) is 2. The third kappa shape index (κ3) is 4.82. The van der Waals surface area contributed by atoms with Crippen LogP contribution < -0.4 is 5.32 Å². The summed E-state index contributed by atoms with van der Waals surface area (Å²) in [5.41, 5.74) is 2.83. The van der Waals surface area contributed by atoms with E-state index in [1.54, 1.807) is 0 Å². The number of aryl methyl sites for hydroxylation is 2. The molecule has 5 heteroatoms. The number of amides is 1. The normalized spacial score (nSPS) is 13.2. The molecule has 4 nitrogen and oxygen atoms in total. The Bertz CT molecular complexity index is 457. The molecule has 106 valence electrons. The van der Waals surface area contributed by atoms with Crippen LogP contribution >= 0.6 is 11.8 Å². The highest BCUT2D eigenvalue weighted by atomic mass is 32.2. The lowest BCUT2D eigenvalue weighted by atomic mass is 10.1. The lowest BCUT2D eigenvalue weighted by molar-refractivity contribution is -0.121. The van der Waals surface area contributed by atoms with Gasteiger partial charge in [-0.05, 0) is 54.0 Å². The van der Waals surface area contributed by atoms with Gasteiger partial charge in [-0.1, -0.05) is 11.8 Å². The fraction of sp³-hybridized carbons (Fsp3) is 0.643. The molecule has 19 heavy (non-hydrogen) atoms. The van der Waals surface area contributed by atoms with Gasteiger partial charge in [0.05, 0.1) is 5.25 Å². The molecule has 0 fully saturated rings. The van der Waals surface area contributed by atoms with Crippen molar-refractivity contribution in [1.29, 1.82) is 0 Å². The first-order valence-corrected chi connectivity index (χ1v) is 7.28. The van der Waals surface area contributed by atoms with Crippen LogP contribution in [0.3, 0.4) is 0 Å². The van der Waals surface area contributed by atoms with E-state index in [2.05, 4.69) is 15.3 Å². The van der Waals surface area contributed by atoms with Gasteiger partial charge < -0.3 is 5.32 Å². The van der Waals surface area contributed by atoms with E-state index < -0.39 is 0 Å². The number of hydrogen-bond acceptors (Lipinski definition) is 4. The molecule has 1 amide bonds. The van der Waals surface area contributed by atoms with Gasteiger partial charge in [-0.2, -0.15) is 0 Å². The van der Waals surface area contributed by atoms with Crippen LogP contribution in [0.5, 0.6) is 0 Å². The zero-order chi connectivity index (χ0) is 14.8.